The summed E-state index contributed by atoms with van der Waals surface area (Å²) in [4.78, 5) is 15.3. The van der Waals surface area contributed by atoms with E-state index in [1.807, 2.05) is 36.4 Å². The van der Waals surface area contributed by atoms with Crippen LogP contribution in [0, 0.1) is 0 Å². The van der Waals surface area contributed by atoms with Crippen LogP contribution in [0.25, 0.3) is 11.1 Å². The van der Waals surface area contributed by atoms with Crippen LogP contribution in [0.4, 0.5) is 0 Å². The first-order chi connectivity index (χ1) is 10.2. The molecule has 4 heteroatoms. The molecule has 1 heterocycles. The van der Waals surface area contributed by atoms with E-state index >= 15 is 0 Å². The van der Waals surface area contributed by atoms with E-state index in [0.29, 0.717) is 19.4 Å². The van der Waals surface area contributed by atoms with Gasteiger partial charge in [0.2, 0.25) is 0 Å². The number of hydrogen-bond acceptors (Lipinski definition) is 3. The highest BCUT2D eigenvalue weighted by Crippen LogP contribution is 2.28. The Morgan fingerprint density at radius 1 is 1.14 bits per heavy atom. The van der Waals surface area contributed by atoms with Crippen molar-refractivity contribution in [3.8, 4) is 11.1 Å². The van der Waals surface area contributed by atoms with Crippen molar-refractivity contribution >= 4 is 17.6 Å². The molecule has 0 bridgehead atoms. The fraction of sp³-hybridized carbons (Fsp3) is 0.294. The van der Waals surface area contributed by atoms with Crippen LogP contribution in [0.3, 0.4) is 0 Å². The lowest BCUT2D eigenvalue weighted by atomic mass is 10.0. The molecule has 0 radical (unpaired) electrons. The number of halogens is 1. The van der Waals surface area contributed by atoms with Crippen molar-refractivity contribution < 1.29 is 9.53 Å². The van der Waals surface area contributed by atoms with Gasteiger partial charge in [-0.2, -0.15) is 0 Å². The predicted molar refractivity (Wildman–Crippen MR) is 84.1 cm³/mol. The van der Waals surface area contributed by atoms with Gasteiger partial charge in [0, 0.05) is 18.8 Å². The SMILES string of the molecule is CCOC(=O)CCC(Cl)c1ccc(-c2ccncc2)cc1. The van der Waals surface area contributed by atoms with E-state index in [2.05, 4.69) is 4.98 Å². The van der Waals surface area contributed by atoms with Gasteiger partial charge in [0.1, 0.15) is 0 Å². The van der Waals surface area contributed by atoms with Gasteiger partial charge in [0.15, 0.2) is 0 Å². The molecule has 0 amide bonds. The summed E-state index contributed by atoms with van der Waals surface area (Å²) in [6, 6.07) is 12.0. The molecule has 1 atom stereocenters. The van der Waals surface area contributed by atoms with Gasteiger partial charge in [-0.15, -0.1) is 11.6 Å². The number of esters is 1. The van der Waals surface area contributed by atoms with Crippen molar-refractivity contribution in [2.45, 2.75) is 25.1 Å². The summed E-state index contributed by atoms with van der Waals surface area (Å²) in [5.41, 5.74) is 3.25. The Bertz CT molecular complexity index is 569. The molecule has 2 aromatic rings. The first kappa shape index (κ1) is 15.5. The smallest absolute Gasteiger partial charge is 0.305 e. The Balaban J connectivity index is 1.97. The summed E-state index contributed by atoms with van der Waals surface area (Å²) < 4.78 is 4.90. The summed E-state index contributed by atoms with van der Waals surface area (Å²) >= 11 is 6.33. The molecule has 0 saturated heterocycles. The zero-order valence-electron chi connectivity index (χ0n) is 12.0. The van der Waals surface area contributed by atoms with E-state index in [1.54, 1.807) is 19.3 Å². The normalized spacial score (nSPS) is 11.9. The largest absolute Gasteiger partial charge is 0.466 e. The molecule has 1 aromatic carbocycles. The highest BCUT2D eigenvalue weighted by Gasteiger charge is 2.11. The maximum atomic E-state index is 11.3. The van der Waals surface area contributed by atoms with E-state index in [9.17, 15) is 4.79 Å². The minimum absolute atomic E-state index is 0.180. The standard InChI is InChI=1S/C17H18ClNO2/c1-2-21-17(20)8-7-16(18)15-5-3-13(4-6-15)14-9-11-19-12-10-14/h3-6,9-12,16H,2,7-8H2,1H3. The molecule has 2 rings (SSSR count). The number of aromatic nitrogens is 1. The van der Waals surface area contributed by atoms with Crippen LogP contribution in [0.1, 0.15) is 30.7 Å². The molecule has 0 aliphatic carbocycles. The van der Waals surface area contributed by atoms with E-state index in [0.717, 1.165) is 16.7 Å². The maximum absolute atomic E-state index is 11.3. The molecule has 0 N–H and O–H groups in total. The summed E-state index contributed by atoms with van der Waals surface area (Å²) in [6.07, 6.45) is 4.46. The summed E-state index contributed by atoms with van der Waals surface area (Å²) in [5, 5.41) is -0.180. The number of pyridine rings is 1. The predicted octanol–water partition coefficient (Wildman–Crippen LogP) is 4.37. The number of hydrogen-bond donors (Lipinski definition) is 0. The van der Waals surface area contributed by atoms with Gasteiger partial charge in [-0.1, -0.05) is 24.3 Å². The van der Waals surface area contributed by atoms with Crippen molar-refractivity contribution in [2.75, 3.05) is 6.61 Å². The molecule has 0 spiro atoms. The number of alkyl halides is 1. The van der Waals surface area contributed by atoms with Crippen LogP contribution >= 0.6 is 11.6 Å². The second-order valence-corrected chi connectivity index (χ2v) is 5.20. The lowest BCUT2D eigenvalue weighted by Gasteiger charge is -2.10. The van der Waals surface area contributed by atoms with Crippen molar-refractivity contribution in [2.24, 2.45) is 0 Å². The summed E-state index contributed by atoms with van der Waals surface area (Å²) in [7, 11) is 0. The summed E-state index contributed by atoms with van der Waals surface area (Å²) in [5.74, 6) is -0.198. The average molecular weight is 304 g/mol. The average Bonchev–Trinajstić information content (AvgIpc) is 2.54. The van der Waals surface area contributed by atoms with Gasteiger partial charge < -0.3 is 4.74 Å². The molecule has 0 aliphatic rings. The van der Waals surface area contributed by atoms with E-state index in [-0.39, 0.29) is 11.3 Å². The van der Waals surface area contributed by atoms with Gasteiger partial charge in [-0.3, -0.25) is 9.78 Å². The van der Waals surface area contributed by atoms with Gasteiger partial charge in [0.05, 0.1) is 12.0 Å². The summed E-state index contributed by atoms with van der Waals surface area (Å²) in [6.45, 7) is 2.21. The Morgan fingerprint density at radius 2 is 1.76 bits per heavy atom. The van der Waals surface area contributed by atoms with Crippen molar-refractivity contribution in [1.82, 2.24) is 4.98 Å². The monoisotopic (exact) mass is 303 g/mol. The van der Waals surface area contributed by atoms with Crippen LogP contribution in [-0.4, -0.2) is 17.6 Å². The van der Waals surface area contributed by atoms with Crippen molar-refractivity contribution in [1.29, 1.82) is 0 Å². The number of carbonyl (C=O) groups excluding carboxylic acids is 1. The van der Waals surface area contributed by atoms with Gasteiger partial charge in [0.25, 0.3) is 0 Å². The van der Waals surface area contributed by atoms with Crippen LogP contribution in [0.2, 0.25) is 0 Å². The minimum Gasteiger partial charge on any atom is -0.466 e. The molecule has 1 unspecified atom stereocenters. The first-order valence-electron chi connectivity index (χ1n) is 7.00. The number of rotatable bonds is 6. The Hall–Kier alpha value is -1.87. The van der Waals surface area contributed by atoms with Gasteiger partial charge in [-0.25, -0.2) is 0 Å². The molecule has 0 saturated carbocycles. The molecule has 0 fully saturated rings. The molecule has 0 aliphatic heterocycles. The topological polar surface area (TPSA) is 39.2 Å². The lowest BCUT2D eigenvalue weighted by molar-refractivity contribution is -0.143. The van der Waals surface area contributed by atoms with Crippen LogP contribution < -0.4 is 0 Å². The molecular formula is C17H18ClNO2. The van der Waals surface area contributed by atoms with E-state index in [4.69, 9.17) is 16.3 Å². The Labute approximate surface area is 129 Å². The van der Waals surface area contributed by atoms with E-state index in [1.165, 1.54) is 0 Å². The van der Waals surface area contributed by atoms with Crippen molar-refractivity contribution in [3.63, 3.8) is 0 Å². The van der Waals surface area contributed by atoms with Crippen LogP contribution in [0.15, 0.2) is 48.8 Å². The molecular weight excluding hydrogens is 286 g/mol. The quantitative estimate of drug-likeness (QED) is 0.587. The number of ether oxygens (including phenoxy) is 1. The van der Waals surface area contributed by atoms with Crippen molar-refractivity contribution in [3.05, 3.63) is 54.4 Å². The first-order valence-corrected chi connectivity index (χ1v) is 7.44. The number of benzene rings is 1. The van der Waals surface area contributed by atoms with Crippen LogP contribution in [0.5, 0.6) is 0 Å². The third-order valence-electron chi connectivity index (χ3n) is 3.19. The zero-order valence-corrected chi connectivity index (χ0v) is 12.7. The fourth-order valence-electron chi connectivity index (χ4n) is 2.07. The number of carbonyl (C=O) groups is 1. The fourth-order valence-corrected chi connectivity index (χ4v) is 2.33. The van der Waals surface area contributed by atoms with Crippen LogP contribution in [-0.2, 0) is 9.53 Å². The lowest BCUT2D eigenvalue weighted by Crippen LogP contribution is -2.05. The minimum atomic E-state index is -0.198. The maximum Gasteiger partial charge on any atom is 0.305 e. The van der Waals surface area contributed by atoms with E-state index < -0.39 is 0 Å². The second kappa shape index (κ2) is 7.79. The Morgan fingerprint density at radius 3 is 2.38 bits per heavy atom. The highest BCUT2D eigenvalue weighted by atomic mass is 35.5. The second-order valence-electron chi connectivity index (χ2n) is 4.67. The molecule has 110 valence electrons. The highest BCUT2D eigenvalue weighted by molar-refractivity contribution is 6.20. The zero-order chi connectivity index (χ0) is 15.1. The number of nitrogens with zero attached hydrogens (tertiary/aromatic N) is 1. The third kappa shape index (κ3) is 4.57. The third-order valence-corrected chi connectivity index (χ3v) is 3.66. The molecule has 1 aromatic heterocycles. The van der Waals surface area contributed by atoms with Gasteiger partial charge in [-0.05, 0) is 42.2 Å². The molecule has 3 nitrogen and oxygen atoms in total. The van der Waals surface area contributed by atoms with Gasteiger partial charge >= 0.3 is 5.97 Å². The Kier molecular flexibility index (Phi) is 5.76. The molecule has 21 heavy (non-hydrogen) atoms.